The van der Waals surface area contributed by atoms with Gasteiger partial charge in [-0.25, -0.2) is 4.39 Å². The predicted octanol–water partition coefficient (Wildman–Crippen LogP) is 4.67. The van der Waals surface area contributed by atoms with Gasteiger partial charge in [-0.05, 0) is 35.9 Å². The molecule has 0 unspecified atom stereocenters. The van der Waals surface area contributed by atoms with Crippen molar-refractivity contribution < 1.29 is 14.2 Å². The third-order valence-corrected chi connectivity index (χ3v) is 4.39. The first-order valence-corrected chi connectivity index (χ1v) is 7.58. The second-order valence-electron chi connectivity index (χ2n) is 4.91. The normalized spacial score (nSPS) is 12.5. The Morgan fingerprint density at radius 2 is 2.05 bits per heavy atom. The topological polar surface area (TPSA) is 29.5 Å². The van der Waals surface area contributed by atoms with Gasteiger partial charge in [0.1, 0.15) is 18.2 Å². The molecule has 0 aliphatic carbocycles. The van der Waals surface area contributed by atoms with Crippen LogP contribution in [-0.4, -0.2) is 5.11 Å². The van der Waals surface area contributed by atoms with Gasteiger partial charge in [-0.3, -0.25) is 0 Å². The second-order valence-corrected chi connectivity index (χ2v) is 5.82. The zero-order valence-corrected chi connectivity index (χ0v) is 12.4. The van der Waals surface area contributed by atoms with Gasteiger partial charge in [-0.1, -0.05) is 18.2 Å². The number of aliphatic hydroxyl groups excluding tert-OH is 1. The minimum absolute atomic E-state index is 0.281. The van der Waals surface area contributed by atoms with Crippen molar-refractivity contribution in [2.75, 3.05) is 0 Å². The van der Waals surface area contributed by atoms with Gasteiger partial charge in [0.15, 0.2) is 0 Å². The zero-order chi connectivity index (χ0) is 14.8. The lowest BCUT2D eigenvalue weighted by molar-refractivity contribution is 0.194. The molecule has 0 saturated heterocycles. The molecule has 108 valence electrons. The molecule has 4 heteroatoms. The number of benzene rings is 2. The van der Waals surface area contributed by atoms with Crippen molar-refractivity contribution in [2.24, 2.45) is 0 Å². The minimum Gasteiger partial charge on any atom is -0.489 e. The molecule has 2 nitrogen and oxygen atoms in total. The first kappa shape index (κ1) is 14.0. The molecule has 1 atom stereocenters. The van der Waals surface area contributed by atoms with Crippen LogP contribution in [0, 0.1) is 5.82 Å². The maximum absolute atomic E-state index is 13.8. The van der Waals surface area contributed by atoms with Crippen LogP contribution in [0.15, 0.2) is 47.8 Å². The Labute approximate surface area is 126 Å². The molecule has 1 aromatic heterocycles. The lowest BCUT2D eigenvalue weighted by atomic mass is 10.1. The van der Waals surface area contributed by atoms with Gasteiger partial charge in [-0.15, -0.1) is 11.3 Å². The van der Waals surface area contributed by atoms with Crippen molar-refractivity contribution in [3.63, 3.8) is 0 Å². The smallest absolute Gasteiger partial charge is 0.132 e. The van der Waals surface area contributed by atoms with Crippen molar-refractivity contribution in [3.05, 3.63) is 64.8 Å². The Kier molecular flexibility index (Phi) is 3.90. The fourth-order valence-corrected chi connectivity index (χ4v) is 3.19. The van der Waals surface area contributed by atoms with Gasteiger partial charge in [0, 0.05) is 21.9 Å². The van der Waals surface area contributed by atoms with Crippen LogP contribution < -0.4 is 4.74 Å². The Morgan fingerprint density at radius 3 is 2.81 bits per heavy atom. The molecule has 0 fully saturated rings. The molecule has 3 rings (SSSR count). The Bertz CT molecular complexity index is 764. The van der Waals surface area contributed by atoms with Crippen LogP contribution in [-0.2, 0) is 6.61 Å². The Hall–Kier alpha value is -1.91. The summed E-state index contributed by atoms with van der Waals surface area (Å²) in [6, 6.07) is 12.7. The summed E-state index contributed by atoms with van der Waals surface area (Å²) in [6.07, 6.45) is -0.820. The lowest BCUT2D eigenvalue weighted by Crippen LogP contribution is -1.99. The summed E-state index contributed by atoms with van der Waals surface area (Å²) in [4.78, 5) is 0. The molecule has 0 spiro atoms. The minimum atomic E-state index is -0.820. The summed E-state index contributed by atoms with van der Waals surface area (Å²) in [5, 5.41) is 12.6. The van der Waals surface area contributed by atoms with Gasteiger partial charge in [0.2, 0.25) is 0 Å². The third kappa shape index (κ3) is 2.91. The van der Waals surface area contributed by atoms with Crippen LogP contribution in [0.3, 0.4) is 0 Å². The summed E-state index contributed by atoms with van der Waals surface area (Å²) in [6.45, 7) is 1.94. The molecular formula is C17H15FO2S. The van der Waals surface area contributed by atoms with E-state index < -0.39 is 11.9 Å². The van der Waals surface area contributed by atoms with Crippen LogP contribution in [0.4, 0.5) is 4.39 Å². The first-order chi connectivity index (χ1) is 10.1. The van der Waals surface area contributed by atoms with Crippen LogP contribution in [0.2, 0.25) is 0 Å². The van der Waals surface area contributed by atoms with E-state index in [9.17, 15) is 9.50 Å². The summed E-state index contributed by atoms with van der Waals surface area (Å²) < 4.78 is 20.7. The maximum atomic E-state index is 13.8. The van der Waals surface area contributed by atoms with Gasteiger partial charge >= 0.3 is 0 Å². The monoisotopic (exact) mass is 302 g/mol. The average Bonchev–Trinajstić information content (AvgIpc) is 2.88. The molecule has 3 aromatic rings. The predicted molar refractivity (Wildman–Crippen MR) is 83.2 cm³/mol. The van der Waals surface area contributed by atoms with E-state index in [1.54, 1.807) is 23.5 Å². The number of ether oxygens (including phenoxy) is 1. The van der Waals surface area contributed by atoms with Crippen LogP contribution in [0.25, 0.3) is 10.1 Å². The highest BCUT2D eigenvalue weighted by Crippen LogP contribution is 2.27. The molecule has 21 heavy (non-hydrogen) atoms. The lowest BCUT2D eigenvalue weighted by Gasteiger charge is -2.09. The molecule has 0 amide bonds. The van der Waals surface area contributed by atoms with Gasteiger partial charge < -0.3 is 9.84 Å². The molecule has 1 N–H and O–H groups in total. The highest BCUT2D eigenvalue weighted by molar-refractivity contribution is 7.17. The van der Waals surface area contributed by atoms with Crippen molar-refractivity contribution in [1.29, 1.82) is 0 Å². The largest absolute Gasteiger partial charge is 0.489 e. The van der Waals surface area contributed by atoms with E-state index >= 15 is 0 Å². The van der Waals surface area contributed by atoms with Crippen molar-refractivity contribution in [2.45, 2.75) is 19.6 Å². The third-order valence-electron chi connectivity index (χ3n) is 3.38. The number of halogens is 1. The summed E-state index contributed by atoms with van der Waals surface area (Å²) in [5.41, 5.74) is 1.37. The van der Waals surface area contributed by atoms with Gasteiger partial charge in [-0.2, -0.15) is 0 Å². The van der Waals surface area contributed by atoms with Gasteiger partial charge in [0.25, 0.3) is 0 Å². The molecule has 0 saturated carbocycles. The quantitative estimate of drug-likeness (QED) is 0.758. The number of thiophene rings is 1. The molecule has 0 aliphatic rings. The molecule has 2 aromatic carbocycles. The molecule has 0 aliphatic heterocycles. The number of rotatable bonds is 4. The van der Waals surface area contributed by atoms with E-state index in [4.69, 9.17) is 4.74 Å². The highest BCUT2D eigenvalue weighted by Gasteiger charge is 2.10. The van der Waals surface area contributed by atoms with E-state index in [0.717, 1.165) is 5.56 Å². The summed E-state index contributed by atoms with van der Waals surface area (Å²) in [5.74, 6) is 0.0184. The first-order valence-electron chi connectivity index (χ1n) is 6.70. The van der Waals surface area contributed by atoms with Crippen molar-refractivity contribution in [1.82, 2.24) is 0 Å². The molecule has 1 heterocycles. The number of aliphatic hydroxyl groups is 1. The fourth-order valence-electron chi connectivity index (χ4n) is 2.24. The van der Waals surface area contributed by atoms with Crippen LogP contribution in [0.1, 0.15) is 24.2 Å². The Balaban J connectivity index is 1.77. The zero-order valence-electron chi connectivity index (χ0n) is 11.5. The van der Waals surface area contributed by atoms with Crippen LogP contribution in [0.5, 0.6) is 5.75 Å². The van der Waals surface area contributed by atoms with E-state index in [0.29, 0.717) is 12.4 Å². The van der Waals surface area contributed by atoms with E-state index in [-0.39, 0.29) is 5.56 Å². The van der Waals surface area contributed by atoms with E-state index in [2.05, 4.69) is 17.5 Å². The SMILES string of the molecule is C[C@H](O)c1ccc(OCc2csc3ccccc23)cc1F. The summed E-state index contributed by atoms with van der Waals surface area (Å²) >= 11 is 1.67. The van der Waals surface area contributed by atoms with E-state index in [1.807, 2.05) is 12.1 Å². The standard InChI is InChI=1S/C17H15FO2S/c1-11(19)14-7-6-13(8-16(14)18)20-9-12-10-21-17-5-3-2-4-15(12)17/h2-8,10-11,19H,9H2,1H3/t11-/m0/s1. The number of hydrogen-bond donors (Lipinski definition) is 1. The van der Waals surface area contributed by atoms with Crippen molar-refractivity contribution in [3.8, 4) is 5.75 Å². The van der Waals surface area contributed by atoms with Crippen molar-refractivity contribution >= 4 is 21.4 Å². The molecular weight excluding hydrogens is 287 g/mol. The van der Waals surface area contributed by atoms with E-state index in [1.165, 1.54) is 23.1 Å². The highest BCUT2D eigenvalue weighted by atomic mass is 32.1. The Morgan fingerprint density at radius 1 is 1.24 bits per heavy atom. The van der Waals surface area contributed by atoms with Crippen LogP contribution >= 0.6 is 11.3 Å². The molecule has 0 radical (unpaired) electrons. The number of fused-ring (bicyclic) bond motifs is 1. The maximum Gasteiger partial charge on any atom is 0.132 e. The second kappa shape index (κ2) is 5.84. The number of hydrogen-bond acceptors (Lipinski definition) is 3. The van der Waals surface area contributed by atoms with Gasteiger partial charge in [0.05, 0.1) is 6.10 Å². The fraction of sp³-hybridized carbons (Fsp3) is 0.176. The summed E-state index contributed by atoms with van der Waals surface area (Å²) in [7, 11) is 0. The molecule has 0 bridgehead atoms. The average molecular weight is 302 g/mol.